The highest BCUT2D eigenvalue weighted by Gasteiger charge is 2.26. The summed E-state index contributed by atoms with van der Waals surface area (Å²) in [5.74, 6) is 1.66. The van der Waals surface area contributed by atoms with Gasteiger partial charge in [0.25, 0.3) is 0 Å². The number of likely N-dealkylation sites (tertiary alicyclic amines) is 2. The lowest BCUT2D eigenvalue weighted by atomic mass is 10.1. The summed E-state index contributed by atoms with van der Waals surface area (Å²) >= 11 is 0. The third kappa shape index (κ3) is 4.95. The van der Waals surface area contributed by atoms with Gasteiger partial charge in [-0.1, -0.05) is 17.7 Å². The average molecular weight is 332 g/mol. The standard InChI is InChI=1S/C20H32N2O2/c1-16-5-6-20(17(2)11-16)24-15-19(23)14-22-10-7-18(13-22)12-21-8-3-4-9-21/h5-6,11,18-19,23H,3-4,7-10,12-15H2,1-2H3. The second kappa shape index (κ2) is 8.32. The van der Waals surface area contributed by atoms with Crippen molar-refractivity contribution >= 4 is 0 Å². The van der Waals surface area contributed by atoms with Gasteiger partial charge in [-0.25, -0.2) is 0 Å². The fourth-order valence-corrected chi connectivity index (χ4v) is 4.06. The fourth-order valence-electron chi connectivity index (χ4n) is 4.06. The summed E-state index contributed by atoms with van der Waals surface area (Å²) in [5, 5.41) is 10.3. The summed E-state index contributed by atoms with van der Waals surface area (Å²) in [6.07, 6.45) is 3.58. The van der Waals surface area contributed by atoms with Crippen LogP contribution < -0.4 is 4.74 Å². The molecule has 0 spiro atoms. The van der Waals surface area contributed by atoms with Crippen LogP contribution in [0.1, 0.15) is 30.4 Å². The number of aliphatic hydroxyl groups is 1. The highest BCUT2D eigenvalue weighted by molar-refractivity contribution is 5.35. The predicted octanol–water partition coefficient (Wildman–Crippen LogP) is 2.46. The Morgan fingerprint density at radius 3 is 2.71 bits per heavy atom. The molecule has 0 bridgehead atoms. The van der Waals surface area contributed by atoms with Gasteiger partial charge in [0.05, 0.1) is 0 Å². The van der Waals surface area contributed by atoms with E-state index in [-0.39, 0.29) is 0 Å². The van der Waals surface area contributed by atoms with Crippen LogP contribution in [0, 0.1) is 19.8 Å². The molecular formula is C20H32N2O2. The number of benzene rings is 1. The molecule has 4 nitrogen and oxygen atoms in total. The Labute approximate surface area is 146 Å². The molecule has 3 rings (SSSR count). The molecule has 2 atom stereocenters. The fraction of sp³-hybridized carbons (Fsp3) is 0.700. The van der Waals surface area contributed by atoms with Gasteiger partial charge in [-0.05, 0) is 70.3 Å². The minimum Gasteiger partial charge on any atom is -0.491 e. The summed E-state index contributed by atoms with van der Waals surface area (Å²) in [5.41, 5.74) is 2.37. The molecule has 2 aliphatic heterocycles. The van der Waals surface area contributed by atoms with Crippen LogP contribution in [0.3, 0.4) is 0 Å². The van der Waals surface area contributed by atoms with Crippen molar-refractivity contribution in [1.29, 1.82) is 0 Å². The molecule has 1 N–H and O–H groups in total. The number of β-amino-alcohol motifs (C(OH)–C–C–N with tert-alkyl or cyclic N) is 1. The second-order valence-corrected chi connectivity index (χ2v) is 7.66. The number of hydrogen-bond donors (Lipinski definition) is 1. The van der Waals surface area contributed by atoms with Gasteiger partial charge < -0.3 is 19.6 Å². The van der Waals surface area contributed by atoms with E-state index >= 15 is 0 Å². The van der Waals surface area contributed by atoms with E-state index in [1.807, 2.05) is 6.07 Å². The van der Waals surface area contributed by atoms with Crippen LogP contribution in [0.25, 0.3) is 0 Å². The van der Waals surface area contributed by atoms with E-state index in [2.05, 4.69) is 35.8 Å². The number of aliphatic hydroxyl groups excluding tert-OH is 1. The van der Waals surface area contributed by atoms with Gasteiger partial charge in [0.1, 0.15) is 18.5 Å². The van der Waals surface area contributed by atoms with Crippen LogP contribution in [0.4, 0.5) is 0 Å². The Bertz CT molecular complexity index is 528. The Hall–Kier alpha value is -1.10. The van der Waals surface area contributed by atoms with Crippen molar-refractivity contribution in [1.82, 2.24) is 9.80 Å². The molecule has 24 heavy (non-hydrogen) atoms. The van der Waals surface area contributed by atoms with E-state index in [0.717, 1.165) is 36.9 Å². The first-order valence-corrected chi connectivity index (χ1v) is 9.43. The maximum Gasteiger partial charge on any atom is 0.122 e. The van der Waals surface area contributed by atoms with Crippen molar-refractivity contribution in [2.75, 3.05) is 45.9 Å². The van der Waals surface area contributed by atoms with Gasteiger partial charge in [-0.15, -0.1) is 0 Å². The number of hydrogen-bond acceptors (Lipinski definition) is 4. The maximum atomic E-state index is 10.3. The first kappa shape index (κ1) is 17.7. The van der Waals surface area contributed by atoms with Gasteiger partial charge in [0, 0.05) is 19.6 Å². The number of nitrogens with zero attached hydrogens (tertiary/aromatic N) is 2. The molecular weight excluding hydrogens is 300 g/mol. The molecule has 2 heterocycles. The third-order valence-electron chi connectivity index (χ3n) is 5.32. The Kier molecular flexibility index (Phi) is 6.14. The first-order valence-electron chi connectivity index (χ1n) is 9.43. The number of ether oxygens (including phenoxy) is 1. The second-order valence-electron chi connectivity index (χ2n) is 7.66. The van der Waals surface area contributed by atoms with Crippen molar-refractivity contribution in [3.63, 3.8) is 0 Å². The van der Waals surface area contributed by atoms with E-state index in [0.29, 0.717) is 6.61 Å². The minimum absolute atomic E-state index is 0.372. The van der Waals surface area contributed by atoms with Crippen LogP contribution in [-0.2, 0) is 0 Å². The molecule has 134 valence electrons. The molecule has 2 saturated heterocycles. The zero-order valence-corrected chi connectivity index (χ0v) is 15.2. The monoisotopic (exact) mass is 332 g/mol. The van der Waals surface area contributed by atoms with Gasteiger partial charge in [0.2, 0.25) is 0 Å². The van der Waals surface area contributed by atoms with Crippen LogP contribution >= 0.6 is 0 Å². The van der Waals surface area contributed by atoms with Crippen LogP contribution in [0.15, 0.2) is 18.2 Å². The zero-order valence-electron chi connectivity index (χ0n) is 15.2. The topological polar surface area (TPSA) is 35.9 Å². The number of rotatable bonds is 7. The zero-order chi connectivity index (χ0) is 16.9. The largest absolute Gasteiger partial charge is 0.491 e. The smallest absolute Gasteiger partial charge is 0.122 e. The van der Waals surface area contributed by atoms with Crippen LogP contribution in [0.5, 0.6) is 5.75 Å². The maximum absolute atomic E-state index is 10.3. The average Bonchev–Trinajstić information content (AvgIpc) is 3.19. The number of aryl methyl sites for hydroxylation is 2. The molecule has 2 aliphatic rings. The van der Waals surface area contributed by atoms with Crippen molar-refractivity contribution in [3.05, 3.63) is 29.3 Å². The molecule has 0 aliphatic carbocycles. The first-order chi connectivity index (χ1) is 11.6. The van der Waals surface area contributed by atoms with Crippen molar-refractivity contribution < 1.29 is 9.84 Å². The highest BCUT2D eigenvalue weighted by atomic mass is 16.5. The van der Waals surface area contributed by atoms with Crippen molar-refractivity contribution in [2.24, 2.45) is 5.92 Å². The molecule has 4 heteroatoms. The third-order valence-corrected chi connectivity index (χ3v) is 5.32. The molecule has 0 radical (unpaired) electrons. The molecule has 0 amide bonds. The Balaban J connectivity index is 1.38. The molecule has 1 aromatic rings. The van der Waals surface area contributed by atoms with Crippen molar-refractivity contribution in [2.45, 2.75) is 39.2 Å². The van der Waals surface area contributed by atoms with E-state index in [1.165, 1.54) is 44.5 Å². The van der Waals surface area contributed by atoms with Gasteiger partial charge in [-0.3, -0.25) is 0 Å². The van der Waals surface area contributed by atoms with E-state index in [4.69, 9.17) is 4.74 Å². The van der Waals surface area contributed by atoms with Gasteiger partial charge in [-0.2, -0.15) is 0 Å². The SMILES string of the molecule is Cc1ccc(OCC(O)CN2CCC(CN3CCCC3)C2)c(C)c1. The highest BCUT2D eigenvalue weighted by Crippen LogP contribution is 2.21. The summed E-state index contributed by atoms with van der Waals surface area (Å²) in [4.78, 5) is 5.00. The Morgan fingerprint density at radius 2 is 1.96 bits per heavy atom. The van der Waals surface area contributed by atoms with Crippen molar-refractivity contribution in [3.8, 4) is 5.75 Å². The molecule has 2 fully saturated rings. The normalized spacial score (nSPS) is 23.7. The quantitative estimate of drug-likeness (QED) is 0.832. The lowest BCUT2D eigenvalue weighted by Crippen LogP contribution is -2.35. The molecule has 0 saturated carbocycles. The van der Waals surface area contributed by atoms with Crippen LogP contribution in [-0.4, -0.2) is 66.9 Å². The van der Waals surface area contributed by atoms with E-state index < -0.39 is 6.10 Å². The van der Waals surface area contributed by atoms with E-state index in [1.54, 1.807) is 0 Å². The predicted molar refractivity (Wildman–Crippen MR) is 97.6 cm³/mol. The molecule has 2 unspecified atom stereocenters. The summed E-state index contributed by atoms with van der Waals surface area (Å²) in [7, 11) is 0. The Morgan fingerprint density at radius 1 is 1.17 bits per heavy atom. The summed E-state index contributed by atoms with van der Waals surface area (Å²) in [6, 6.07) is 6.17. The lowest BCUT2D eigenvalue weighted by Gasteiger charge is -2.22. The van der Waals surface area contributed by atoms with Gasteiger partial charge >= 0.3 is 0 Å². The van der Waals surface area contributed by atoms with E-state index in [9.17, 15) is 5.11 Å². The molecule has 0 aromatic heterocycles. The lowest BCUT2D eigenvalue weighted by molar-refractivity contribution is 0.0739. The van der Waals surface area contributed by atoms with Gasteiger partial charge in [0.15, 0.2) is 0 Å². The minimum atomic E-state index is -0.420. The molecule has 1 aromatic carbocycles. The summed E-state index contributed by atoms with van der Waals surface area (Å²) in [6.45, 7) is 11.3. The van der Waals surface area contributed by atoms with Crippen LogP contribution in [0.2, 0.25) is 0 Å². The summed E-state index contributed by atoms with van der Waals surface area (Å²) < 4.78 is 5.81.